The lowest BCUT2D eigenvalue weighted by atomic mass is 10.0. The second-order valence-electron chi connectivity index (χ2n) is 6.23. The van der Waals surface area contributed by atoms with Crippen LogP contribution in [0.3, 0.4) is 0 Å². The lowest BCUT2D eigenvalue weighted by molar-refractivity contribution is -0.00834. The van der Waals surface area contributed by atoms with Crippen molar-refractivity contribution < 1.29 is 9.47 Å². The first kappa shape index (κ1) is 18.2. The molecule has 1 aliphatic heterocycles. The Hall–Kier alpha value is -2.60. The van der Waals surface area contributed by atoms with Gasteiger partial charge in [0.25, 0.3) is 0 Å². The van der Waals surface area contributed by atoms with E-state index in [9.17, 15) is 0 Å². The van der Waals surface area contributed by atoms with Crippen molar-refractivity contribution in [1.82, 2.24) is 15.2 Å². The van der Waals surface area contributed by atoms with E-state index in [1.807, 2.05) is 12.1 Å². The third kappa shape index (κ3) is 4.14. The van der Waals surface area contributed by atoms with E-state index in [1.165, 1.54) is 11.1 Å². The first-order chi connectivity index (χ1) is 12.7. The number of methoxy groups -OCH3 is 1. The summed E-state index contributed by atoms with van der Waals surface area (Å²) < 4.78 is 11.3. The smallest absolute Gasteiger partial charge is 0.218 e. The molecule has 1 aromatic carbocycles. The van der Waals surface area contributed by atoms with E-state index in [4.69, 9.17) is 9.47 Å². The molecule has 0 radical (unpaired) electrons. The molecule has 1 fully saturated rings. The van der Waals surface area contributed by atoms with Gasteiger partial charge in [-0.25, -0.2) is 4.98 Å². The van der Waals surface area contributed by atoms with Crippen LogP contribution in [-0.2, 0) is 11.3 Å². The van der Waals surface area contributed by atoms with Crippen molar-refractivity contribution in [3.05, 3.63) is 59.3 Å². The summed E-state index contributed by atoms with van der Waals surface area (Å²) in [5.74, 6) is 1.49. The van der Waals surface area contributed by atoms with E-state index < -0.39 is 0 Å². The highest BCUT2D eigenvalue weighted by atomic mass is 16.5. The molecule has 2 heterocycles. The van der Waals surface area contributed by atoms with E-state index in [-0.39, 0.29) is 6.10 Å². The largest absolute Gasteiger partial charge is 0.481 e. The monoisotopic (exact) mass is 354 g/mol. The number of morpholine rings is 1. The quantitative estimate of drug-likeness (QED) is 0.675. The molecule has 3 rings (SSSR count). The second kappa shape index (κ2) is 8.67. The van der Waals surface area contributed by atoms with Crippen LogP contribution in [0, 0.1) is 6.92 Å². The van der Waals surface area contributed by atoms with E-state index in [2.05, 4.69) is 51.4 Å². The topological polar surface area (TPSA) is 59.0 Å². The zero-order valence-electron chi connectivity index (χ0n) is 15.6. The minimum atomic E-state index is 0.0522. The van der Waals surface area contributed by atoms with Crippen molar-refractivity contribution in [3.8, 4) is 5.88 Å². The maximum atomic E-state index is 6.01. The molecule has 0 saturated carbocycles. The van der Waals surface area contributed by atoms with Crippen LogP contribution < -0.4 is 10.1 Å². The predicted octanol–water partition coefficient (Wildman–Crippen LogP) is 2.55. The number of aromatic nitrogens is 1. The highest BCUT2D eigenvalue weighted by Gasteiger charge is 2.25. The molecule has 0 spiro atoms. The van der Waals surface area contributed by atoms with Gasteiger partial charge in [-0.1, -0.05) is 30.3 Å². The molecule has 1 unspecified atom stereocenters. The Labute approximate surface area is 154 Å². The molecule has 1 N–H and O–H groups in total. The maximum Gasteiger partial charge on any atom is 0.218 e. The zero-order valence-corrected chi connectivity index (χ0v) is 15.6. The van der Waals surface area contributed by atoms with Crippen LogP contribution in [0.1, 0.15) is 22.8 Å². The van der Waals surface area contributed by atoms with Crippen LogP contribution in [0.2, 0.25) is 0 Å². The van der Waals surface area contributed by atoms with Gasteiger partial charge in [0.2, 0.25) is 5.88 Å². The van der Waals surface area contributed by atoms with E-state index in [0.29, 0.717) is 19.0 Å². The number of nitrogens with zero attached hydrogens (tertiary/aromatic N) is 3. The molecule has 2 aromatic rings. The Morgan fingerprint density at radius 2 is 2.19 bits per heavy atom. The molecule has 1 aromatic heterocycles. The van der Waals surface area contributed by atoms with Gasteiger partial charge in [0.15, 0.2) is 5.96 Å². The number of guanidine groups is 1. The SMILES string of the molecule is CN=C(NCc1cccnc1OC)N1CCOC(c2ccccc2C)C1. The third-order valence-electron chi connectivity index (χ3n) is 4.59. The molecule has 0 aliphatic carbocycles. The number of ether oxygens (including phenoxy) is 2. The molecule has 0 amide bonds. The zero-order chi connectivity index (χ0) is 18.4. The molecule has 26 heavy (non-hydrogen) atoms. The number of aliphatic imine (C=N–C) groups is 1. The van der Waals surface area contributed by atoms with Crippen LogP contribution in [0.5, 0.6) is 5.88 Å². The summed E-state index contributed by atoms with van der Waals surface area (Å²) in [5, 5.41) is 3.42. The van der Waals surface area contributed by atoms with Gasteiger partial charge in [-0.05, 0) is 24.1 Å². The van der Waals surface area contributed by atoms with Gasteiger partial charge in [-0.3, -0.25) is 4.99 Å². The number of benzene rings is 1. The molecule has 1 saturated heterocycles. The number of hydrogen-bond donors (Lipinski definition) is 1. The fourth-order valence-electron chi connectivity index (χ4n) is 3.23. The summed E-state index contributed by atoms with van der Waals surface area (Å²) in [6.45, 7) is 4.99. The molecular formula is C20H26N4O2. The van der Waals surface area contributed by atoms with E-state index >= 15 is 0 Å². The number of hydrogen-bond acceptors (Lipinski definition) is 4. The second-order valence-corrected chi connectivity index (χ2v) is 6.23. The minimum absolute atomic E-state index is 0.0522. The van der Waals surface area contributed by atoms with Gasteiger partial charge >= 0.3 is 0 Å². The first-order valence-corrected chi connectivity index (χ1v) is 8.83. The van der Waals surface area contributed by atoms with Gasteiger partial charge in [-0.15, -0.1) is 0 Å². The van der Waals surface area contributed by atoms with Crippen LogP contribution in [0.25, 0.3) is 0 Å². The van der Waals surface area contributed by atoms with Crippen molar-refractivity contribution in [2.75, 3.05) is 33.9 Å². The average molecular weight is 354 g/mol. The van der Waals surface area contributed by atoms with E-state index in [1.54, 1.807) is 20.4 Å². The molecule has 1 atom stereocenters. The van der Waals surface area contributed by atoms with Gasteiger partial charge in [0.05, 0.1) is 20.3 Å². The third-order valence-corrected chi connectivity index (χ3v) is 4.59. The molecule has 0 bridgehead atoms. The Morgan fingerprint density at radius 1 is 1.35 bits per heavy atom. The summed E-state index contributed by atoms with van der Waals surface area (Å²) in [6, 6.07) is 12.3. The minimum Gasteiger partial charge on any atom is -0.481 e. The highest BCUT2D eigenvalue weighted by Crippen LogP contribution is 2.25. The van der Waals surface area contributed by atoms with Crippen LogP contribution in [0.4, 0.5) is 0 Å². The lowest BCUT2D eigenvalue weighted by Crippen LogP contribution is -2.48. The van der Waals surface area contributed by atoms with Gasteiger partial charge < -0.3 is 19.7 Å². The summed E-state index contributed by atoms with van der Waals surface area (Å²) >= 11 is 0. The first-order valence-electron chi connectivity index (χ1n) is 8.83. The maximum absolute atomic E-state index is 6.01. The summed E-state index contributed by atoms with van der Waals surface area (Å²) in [7, 11) is 3.44. The lowest BCUT2D eigenvalue weighted by Gasteiger charge is -2.35. The van der Waals surface area contributed by atoms with Crippen molar-refractivity contribution in [2.24, 2.45) is 4.99 Å². The Morgan fingerprint density at radius 3 is 2.96 bits per heavy atom. The highest BCUT2D eigenvalue weighted by molar-refractivity contribution is 5.80. The molecule has 138 valence electrons. The van der Waals surface area contributed by atoms with Gasteiger partial charge in [0.1, 0.15) is 6.10 Å². The Bertz CT molecular complexity index is 763. The predicted molar refractivity (Wildman–Crippen MR) is 102 cm³/mol. The number of aryl methyl sites for hydroxylation is 1. The Balaban J connectivity index is 1.67. The van der Waals surface area contributed by atoms with Crippen LogP contribution >= 0.6 is 0 Å². The van der Waals surface area contributed by atoms with Crippen LogP contribution in [0.15, 0.2) is 47.6 Å². The van der Waals surface area contributed by atoms with Crippen molar-refractivity contribution >= 4 is 5.96 Å². The standard InChI is InChI=1S/C20H26N4O2/c1-15-7-4-5-9-17(15)18-14-24(11-12-26-18)20(21-2)23-13-16-8-6-10-22-19(16)25-3/h4-10,18H,11-14H2,1-3H3,(H,21,23). The fraction of sp³-hybridized carbons (Fsp3) is 0.400. The average Bonchev–Trinajstić information content (AvgIpc) is 2.69. The number of pyridine rings is 1. The Kier molecular flexibility index (Phi) is 6.07. The normalized spacial score (nSPS) is 17.9. The fourth-order valence-corrected chi connectivity index (χ4v) is 3.23. The summed E-state index contributed by atoms with van der Waals surface area (Å²) in [6.07, 6.45) is 1.78. The number of nitrogens with one attached hydrogen (secondary N) is 1. The molecule has 6 heteroatoms. The van der Waals surface area contributed by atoms with Crippen molar-refractivity contribution in [3.63, 3.8) is 0 Å². The molecule has 1 aliphatic rings. The summed E-state index contributed by atoms with van der Waals surface area (Å²) in [5.41, 5.74) is 3.49. The van der Waals surface area contributed by atoms with Gasteiger partial charge in [-0.2, -0.15) is 0 Å². The molecule has 6 nitrogen and oxygen atoms in total. The van der Waals surface area contributed by atoms with Crippen LogP contribution in [-0.4, -0.2) is 49.7 Å². The number of rotatable bonds is 4. The van der Waals surface area contributed by atoms with Crippen molar-refractivity contribution in [1.29, 1.82) is 0 Å². The van der Waals surface area contributed by atoms with Crippen molar-refractivity contribution in [2.45, 2.75) is 19.6 Å². The summed E-state index contributed by atoms with van der Waals surface area (Å²) in [4.78, 5) is 10.9. The molecular weight excluding hydrogens is 328 g/mol. The van der Waals surface area contributed by atoms with Gasteiger partial charge in [0, 0.05) is 31.9 Å². The van der Waals surface area contributed by atoms with E-state index in [0.717, 1.165) is 24.6 Å².